The Morgan fingerprint density at radius 1 is 1.56 bits per heavy atom. The van der Waals surface area contributed by atoms with Crippen molar-refractivity contribution in [3.8, 4) is 12.3 Å². The largest absolute Gasteiger partial charge is 0.333 e. The van der Waals surface area contributed by atoms with Crippen molar-refractivity contribution in [1.29, 1.82) is 0 Å². The van der Waals surface area contributed by atoms with E-state index in [0.29, 0.717) is 5.92 Å². The zero-order valence-electron chi connectivity index (χ0n) is 10.2. The summed E-state index contributed by atoms with van der Waals surface area (Å²) in [6.07, 6.45) is 11.7. The highest BCUT2D eigenvalue weighted by atomic mass is 15.1. The first-order valence-electron chi connectivity index (χ1n) is 5.84. The molecule has 1 unspecified atom stereocenters. The van der Waals surface area contributed by atoms with Crippen molar-refractivity contribution in [1.82, 2.24) is 9.55 Å². The molecule has 0 aliphatic carbocycles. The molecule has 0 amide bonds. The summed E-state index contributed by atoms with van der Waals surface area (Å²) in [6, 6.07) is 0.0772. The van der Waals surface area contributed by atoms with Crippen LogP contribution in [0.4, 0.5) is 0 Å². The summed E-state index contributed by atoms with van der Waals surface area (Å²) in [5, 5.41) is 0. The van der Waals surface area contributed by atoms with Crippen molar-refractivity contribution < 1.29 is 0 Å². The van der Waals surface area contributed by atoms with Gasteiger partial charge in [-0.1, -0.05) is 13.8 Å². The molecule has 0 aromatic carbocycles. The molecule has 0 spiro atoms. The summed E-state index contributed by atoms with van der Waals surface area (Å²) < 4.78 is 2.12. The number of nitrogens with two attached hydrogens (primary N) is 1. The van der Waals surface area contributed by atoms with Gasteiger partial charge in [-0.2, -0.15) is 0 Å². The Balaban J connectivity index is 2.59. The summed E-state index contributed by atoms with van der Waals surface area (Å²) in [7, 11) is 0. The van der Waals surface area contributed by atoms with Gasteiger partial charge in [-0.15, -0.1) is 12.3 Å². The van der Waals surface area contributed by atoms with Crippen LogP contribution in [0.1, 0.15) is 44.8 Å². The van der Waals surface area contributed by atoms with E-state index in [4.69, 9.17) is 12.2 Å². The van der Waals surface area contributed by atoms with Crippen molar-refractivity contribution in [3.63, 3.8) is 0 Å². The normalized spacial score (nSPS) is 12.7. The van der Waals surface area contributed by atoms with Gasteiger partial charge in [0.25, 0.3) is 0 Å². The molecule has 0 saturated carbocycles. The Hall–Kier alpha value is -1.27. The Labute approximate surface area is 98.1 Å². The zero-order valence-corrected chi connectivity index (χ0v) is 10.2. The van der Waals surface area contributed by atoms with Gasteiger partial charge >= 0.3 is 0 Å². The zero-order chi connectivity index (χ0) is 12.0. The van der Waals surface area contributed by atoms with Crippen molar-refractivity contribution in [2.24, 2.45) is 11.7 Å². The van der Waals surface area contributed by atoms with Crippen molar-refractivity contribution in [2.45, 2.75) is 45.7 Å². The van der Waals surface area contributed by atoms with E-state index in [-0.39, 0.29) is 6.04 Å². The number of rotatable bonds is 6. The van der Waals surface area contributed by atoms with E-state index in [1.54, 1.807) is 0 Å². The van der Waals surface area contributed by atoms with Gasteiger partial charge in [0.1, 0.15) is 0 Å². The fourth-order valence-corrected chi connectivity index (χ4v) is 1.81. The van der Waals surface area contributed by atoms with Gasteiger partial charge in [0.2, 0.25) is 0 Å². The fraction of sp³-hybridized carbons (Fsp3) is 0.615. The molecule has 3 heteroatoms. The van der Waals surface area contributed by atoms with E-state index >= 15 is 0 Å². The molecule has 0 bridgehead atoms. The monoisotopic (exact) mass is 219 g/mol. The third-order valence-electron chi connectivity index (χ3n) is 2.57. The maximum absolute atomic E-state index is 6.14. The van der Waals surface area contributed by atoms with Crippen LogP contribution in [0, 0.1) is 18.3 Å². The molecule has 88 valence electrons. The van der Waals surface area contributed by atoms with Gasteiger partial charge in [0, 0.05) is 25.2 Å². The lowest BCUT2D eigenvalue weighted by molar-refractivity contribution is 0.480. The van der Waals surface area contributed by atoms with Crippen LogP contribution in [0.15, 0.2) is 12.5 Å². The first-order valence-corrected chi connectivity index (χ1v) is 5.84. The Morgan fingerprint density at radius 3 is 2.94 bits per heavy atom. The van der Waals surface area contributed by atoms with Crippen LogP contribution in [0.5, 0.6) is 0 Å². The molecule has 0 saturated heterocycles. The highest BCUT2D eigenvalue weighted by molar-refractivity contribution is 5.04. The SMILES string of the molecule is C#CCCCn1cncc1C(N)CC(C)C. The van der Waals surface area contributed by atoms with Gasteiger partial charge in [-0.25, -0.2) is 4.98 Å². The quantitative estimate of drug-likeness (QED) is 0.589. The second-order valence-electron chi connectivity index (χ2n) is 4.56. The Bertz CT molecular complexity index is 346. The molecule has 1 atom stereocenters. The minimum atomic E-state index is 0.0772. The molecule has 1 aromatic heterocycles. The van der Waals surface area contributed by atoms with Crippen LogP contribution < -0.4 is 5.73 Å². The van der Waals surface area contributed by atoms with Crippen LogP contribution in [-0.4, -0.2) is 9.55 Å². The summed E-state index contributed by atoms with van der Waals surface area (Å²) in [6.45, 7) is 5.27. The number of aromatic nitrogens is 2. The molecule has 0 radical (unpaired) electrons. The minimum absolute atomic E-state index is 0.0772. The minimum Gasteiger partial charge on any atom is -0.333 e. The third kappa shape index (κ3) is 3.71. The molecule has 1 rings (SSSR count). The molecule has 1 aromatic rings. The predicted octanol–water partition coefficient (Wildman–Crippen LogP) is 2.34. The summed E-state index contributed by atoms with van der Waals surface area (Å²) in [4.78, 5) is 4.16. The number of hydrogen-bond donors (Lipinski definition) is 1. The van der Waals surface area contributed by atoms with E-state index in [1.165, 1.54) is 0 Å². The Kier molecular flexibility index (Phi) is 5.07. The maximum Gasteiger partial charge on any atom is 0.0948 e. The van der Waals surface area contributed by atoms with E-state index in [0.717, 1.165) is 31.5 Å². The standard InChI is InChI=1S/C13H21N3/c1-4-5-6-7-16-10-15-9-13(16)12(14)8-11(2)3/h1,9-12H,5-8,14H2,2-3H3. The smallest absolute Gasteiger partial charge is 0.0948 e. The molecule has 1 heterocycles. The molecular weight excluding hydrogens is 198 g/mol. The second kappa shape index (κ2) is 6.34. The Morgan fingerprint density at radius 2 is 2.31 bits per heavy atom. The molecule has 3 nitrogen and oxygen atoms in total. The molecule has 16 heavy (non-hydrogen) atoms. The topological polar surface area (TPSA) is 43.8 Å². The molecule has 0 aliphatic heterocycles. The van der Waals surface area contributed by atoms with Crippen LogP contribution >= 0.6 is 0 Å². The van der Waals surface area contributed by atoms with Crippen molar-refractivity contribution in [3.05, 3.63) is 18.2 Å². The van der Waals surface area contributed by atoms with Gasteiger partial charge in [-0.3, -0.25) is 0 Å². The van der Waals surface area contributed by atoms with E-state index in [1.807, 2.05) is 12.5 Å². The highest BCUT2D eigenvalue weighted by Gasteiger charge is 2.12. The van der Waals surface area contributed by atoms with Crippen molar-refractivity contribution >= 4 is 0 Å². The van der Waals surface area contributed by atoms with Gasteiger partial charge in [0.05, 0.1) is 12.0 Å². The van der Waals surface area contributed by atoms with Gasteiger partial charge in [0.15, 0.2) is 0 Å². The lowest BCUT2D eigenvalue weighted by atomic mass is 10.0. The highest BCUT2D eigenvalue weighted by Crippen LogP contribution is 2.18. The number of aryl methyl sites for hydroxylation is 1. The maximum atomic E-state index is 6.14. The first-order chi connectivity index (χ1) is 7.65. The average molecular weight is 219 g/mol. The molecule has 0 fully saturated rings. The van der Waals surface area contributed by atoms with E-state index in [2.05, 4.69) is 29.3 Å². The first kappa shape index (κ1) is 12.8. The molecule has 0 aliphatic rings. The van der Waals surface area contributed by atoms with E-state index in [9.17, 15) is 0 Å². The number of imidazole rings is 1. The second-order valence-corrected chi connectivity index (χ2v) is 4.56. The summed E-state index contributed by atoms with van der Waals surface area (Å²) in [5.74, 6) is 3.25. The van der Waals surface area contributed by atoms with Crippen LogP contribution in [-0.2, 0) is 6.54 Å². The number of hydrogen-bond acceptors (Lipinski definition) is 2. The van der Waals surface area contributed by atoms with Crippen LogP contribution in [0.2, 0.25) is 0 Å². The predicted molar refractivity (Wildman–Crippen MR) is 66.7 cm³/mol. The van der Waals surface area contributed by atoms with Crippen molar-refractivity contribution in [2.75, 3.05) is 0 Å². The van der Waals surface area contributed by atoms with Gasteiger partial charge in [-0.05, 0) is 18.8 Å². The van der Waals surface area contributed by atoms with E-state index < -0.39 is 0 Å². The van der Waals surface area contributed by atoms with Crippen LogP contribution in [0.25, 0.3) is 0 Å². The fourth-order valence-electron chi connectivity index (χ4n) is 1.81. The lowest BCUT2D eigenvalue weighted by Crippen LogP contribution is -2.17. The molecule has 2 N–H and O–H groups in total. The lowest BCUT2D eigenvalue weighted by Gasteiger charge is -2.16. The summed E-state index contributed by atoms with van der Waals surface area (Å²) >= 11 is 0. The third-order valence-corrected chi connectivity index (χ3v) is 2.57. The molecular formula is C13H21N3. The summed E-state index contributed by atoms with van der Waals surface area (Å²) in [5.41, 5.74) is 7.26. The number of unbranched alkanes of at least 4 members (excludes halogenated alkanes) is 1. The average Bonchev–Trinajstić information content (AvgIpc) is 2.65. The number of nitrogens with zero attached hydrogens (tertiary/aromatic N) is 2. The van der Waals surface area contributed by atoms with Gasteiger partial charge < -0.3 is 10.3 Å². The van der Waals surface area contributed by atoms with Crippen LogP contribution in [0.3, 0.4) is 0 Å². The number of terminal acetylenes is 1.